The van der Waals surface area contributed by atoms with Crippen molar-refractivity contribution >= 4 is 29.0 Å². The monoisotopic (exact) mass is 469 g/mol. The zero-order valence-electron chi connectivity index (χ0n) is 18.5. The van der Waals surface area contributed by atoms with Crippen molar-refractivity contribution in [2.24, 2.45) is 0 Å². The zero-order valence-corrected chi connectivity index (χ0v) is 19.3. The summed E-state index contributed by atoms with van der Waals surface area (Å²) in [5.74, 6) is 0.158. The predicted octanol–water partition coefficient (Wildman–Crippen LogP) is 5.78. The fourth-order valence-corrected chi connectivity index (χ4v) is 4.70. The van der Waals surface area contributed by atoms with Crippen LogP contribution >= 0.6 is 12.2 Å². The van der Waals surface area contributed by atoms with E-state index in [1.165, 1.54) is 5.56 Å². The van der Waals surface area contributed by atoms with E-state index < -0.39 is 5.97 Å². The highest BCUT2D eigenvalue weighted by Gasteiger charge is 2.42. The van der Waals surface area contributed by atoms with E-state index in [2.05, 4.69) is 41.5 Å². The van der Waals surface area contributed by atoms with E-state index >= 15 is 0 Å². The highest BCUT2D eigenvalue weighted by Crippen LogP contribution is 2.43. The van der Waals surface area contributed by atoms with Gasteiger partial charge in [-0.2, -0.15) is 0 Å². The molecule has 34 heavy (non-hydrogen) atoms. The van der Waals surface area contributed by atoms with E-state index in [4.69, 9.17) is 16.6 Å². The fraction of sp³-hybridized carbons (Fsp3) is 0.148. The third kappa shape index (κ3) is 3.95. The summed E-state index contributed by atoms with van der Waals surface area (Å²) in [6.07, 6.45) is 2.71. The lowest BCUT2D eigenvalue weighted by Crippen LogP contribution is -2.29. The minimum Gasteiger partial charge on any atom is -0.478 e. The number of rotatable bonds is 6. The van der Waals surface area contributed by atoms with Crippen molar-refractivity contribution in [1.29, 1.82) is 0 Å². The summed E-state index contributed by atoms with van der Waals surface area (Å²) < 4.78 is 6.31. The van der Waals surface area contributed by atoms with Gasteiger partial charge < -0.3 is 19.7 Å². The van der Waals surface area contributed by atoms with Crippen LogP contribution in [0.1, 0.15) is 46.4 Å². The SMILES string of the molecule is CCc1ccc(N2C(=S)NC(c3ccccn3)C2c2ccc(-c3ccccc3C(=O)O)o2)cc1. The molecule has 7 heteroatoms. The molecule has 5 rings (SSSR count). The minimum atomic E-state index is -0.999. The second-order valence-electron chi connectivity index (χ2n) is 8.07. The fourth-order valence-electron chi connectivity index (χ4n) is 4.36. The van der Waals surface area contributed by atoms with Crippen LogP contribution in [0.5, 0.6) is 0 Å². The van der Waals surface area contributed by atoms with Gasteiger partial charge in [0.15, 0.2) is 5.11 Å². The van der Waals surface area contributed by atoms with Crippen LogP contribution in [0.2, 0.25) is 0 Å². The number of pyridine rings is 1. The number of nitrogens with one attached hydrogen (secondary N) is 1. The van der Waals surface area contributed by atoms with E-state index in [-0.39, 0.29) is 17.6 Å². The molecule has 4 aromatic rings. The van der Waals surface area contributed by atoms with Crippen LogP contribution in [0.25, 0.3) is 11.3 Å². The molecule has 2 unspecified atom stereocenters. The Morgan fingerprint density at radius 3 is 2.53 bits per heavy atom. The summed E-state index contributed by atoms with van der Waals surface area (Å²) in [6.45, 7) is 2.12. The molecule has 0 radical (unpaired) electrons. The van der Waals surface area contributed by atoms with Crippen molar-refractivity contribution in [3.63, 3.8) is 0 Å². The number of hydrogen-bond donors (Lipinski definition) is 2. The third-order valence-corrected chi connectivity index (χ3v) is 6.38. The van der Waals surface area contributed by atoms with E-state index in [0.717, 1.165) is 17.8 Å². The van der Waals surface area contributed by atoms with Gasteiger partial charge in [-0.25, -0.2) is 4.79 Å². The maximum Gasteiger partial charge on any atom is 0.336 e. The standard InChI is InChI=1S/C27H23N3O3S/c1-2-17-10-12-18(13-11-17)30-25(24(29-27(30)34)21-9-5-6-16-28-21)23-15-14-22(33-23)19-7-3-4-8-20(19)26(31)32/h3-16,24-25H,2H2,1H3,(H,29,34)(H,31,32). The lowest BCUT2D eigenvalue weighted by molar-refractivity contribution is 0.0697. The van der Waals surface area contributed by atoms with E-state index in [1.54, 1.807) is 30.5 Å². The molecule has 1 saturated heterocycles. The van der Waals surface area contributed by atoms with Crippen LogP contribution in [-0.2, 0) is 6.42 Å². The molecule has 1 fully saturated rings. The van der Waals surface area contributed by atoms with Crippen LogP contribution in [-0.4, -0.2) is 21.2 Å². The Labute approximate surface area is 202 Å². The highest BCUT2D eigenvalue weighted by atomic mass is 32.1. The van der Waals surface area contributed by atoms with Gasteiger partial charge in [0.2, 0.25) is 0 Å². The summed E-state index contributed by atoms with van der Waals surface area (Å²) in [7, 11) is 0. The van der Waals surface area contributed by atoms with Crippen molar-refractivity contribution < 1.29 is 14.3 Å². The van der Waals surface area contributed by atoms with Gasteiger partial charge in [0, 0.05) is 17.4 Å². The van der Waals surface area contributed by atoms with Gasteiger partial charge in [-0.1, -0.05) is 43.3 Å². The van der Waals surface area contributed by atoms with E-state index in [9.17, 15) is 9.90 Å². The number of benzene rings is 2. The van der Waals surface area contributed by atoms with Gasteiger partial charge in [-0.15, -0.1) is 0 Å². The molecule has 0 bridgehead atoms. The number of carbonyl (C=O) groups is 1. The van der Waals surface area contributed by atoms with Gasteiger partial charge >= 0.3 is 5.97 Å². The lowest BCUT2D eigenvalue weighted by atomic mass is 10.0. The number of thiocarbonyl (C=S) groups is 1. The summed E-state index contributed by atoms with van der Waals surface area (Å²) in [5, 5.41) is 13.6. The average Bonchev–Trinajstić information content (AvgIpc) is 3.49. The predicted molar refractivity (Wildman–Crippen MR) is 135 cm³/mol. The molecule has 0 spiro atoms. The van der Waals surface area contributed by atoms with Crippen LogP contribution in [0, 0.1) is 0 Å². The maximum atomic E-state index is 11.7. The molecule has 1 aliphatic rings. The Kier molecular flexibility index (Phi) is 5.86. The lowest BCUT2D eigenvalue weighted by Gasteiger charge is -2.26. The molecule has 2 N–H and O–H groups in total. The van der Waals surface area contributed by atoms with Crippen LogP contribution in [0.3, 0.4) is 0 Å². The van der Waals surface area contributed by atoms with Gasteiger partial charge in [0.25, 0.3) is 0 Å². The van der Waals surface area contributed by atoms with Crippen LogP contribution in [0.4, 0.5) is 5.69 Å². The Hall–Kier alpha value is -3.97. The second kappa shape index (κ2) is 9.11. The number of aromatic carboxylic acids is 1. The second-order valence-corrected chi connectivity index (χ2v) is 8.46. The molecule has 170 valence electrons. The molecule has 6 nitrogen and oxygen atoms in total. The molecule has 3 heterocycles. The number of aryl methyl sites for hydroxylation is 1. The van der Waals surface area contributed by atoms with E-state index in [0.29, 0.717) is 22.2 Å². The topological polar surface area (TPSA) is 78.6 Å². The first-order valence-corrected chi connectivity index (χ1v) is 11.5. The van der Waals surface area contributed by atoms with Gasteiger partial charge in [-0.3, -0.25) is 4.98 Å². The maximum absolute atomic E-state index is 11.7. The first-order chi connectivity index (χ1) is 16.6. The minimum absolute atomic E-state index is 0.191. The first kappa shape index (κ1) is 21.9. The molecule has 0 aliphatic carbocycles. The van der Waals surface area contributed by atoms with Crippen molar-refractivity contribution in [3.8, 4) is 11.3 Å². The first-order valence-electron chi connectivity index (χ1n) is 11.1. The number of aromatic nitrogens is 1. The average molecular weight is 470 g/mol. The van der Waals surface area contributed by atoms with Gasteiger partial charge in [0.05, 0.1) is 17.3 Å². The van der Waals surface area contributed by atoms with Gasteiger partial charge in [-0.05, 0) is 66.7 Å². The zero-order chi connectivity index (χ0) is 23.7. The number of nitrogens with zero attached hydrogens (tertiary/aromatic N) is 2. The van der Waals surface area contributed by atoms with Gasteiger partial charge in [0.1, 0.15) is 17.6 Å². The Bertz CT molecular complexity index is 1330. The van der Waals surface area contributed by atoms with Crippen molar-refractivity contribution in [2.45, 2.75) is 25.4 Å². The number of furan rings is 1. The Morgan fingerprint density at radius 2 is 1.82 bits per heavy atom. The molecule has 2 aromatic carbocycles. The quantitative estimate of drug-likeness (QED) is 0.347. The Balaban J connectivity index is 1.60. The normalized spacial score (nSPS) is 17.6. The molecule has 2 aromatic heterocycles. The molecule has 2 atom stereocenters. The number of anilines is 1. The Morgan fingerprint density at radius 1 is 1.06 bits per heavy atom. The molecular formula is C27H23N3O3S. The van der Waals surface area contributed by atoms with E-state index in [1.807, 2.05) is 35.2 Å². The number of carboxylic acids is 1. The summed E-state index contributed by atoms with van der Waals surface area (Å²) >= 11 is 5.76. The van der Waals surface area contributed by atoms with Crippen LogP contribution < -0.4 is 10.2 Å². The highest BCUT2D eigenvalue weighted by molar-refractivity contribution is 7.80. The number of carboxylic acid groups (broad SMARTS) is 1. The number of hydrogen-bond acceptors (Lipinski definition) is 4. The van der Waals surface area contributed by atoms with Crippen molar-refractivity contribution in [2.75, 3.05) is 4.90 Å². The van der Waals surface area contributed by atoms with Crippen LogP contribution in [0.15, 0.2) is 89.5 Å². The molecular weight excluding hydrogens is 446 g/mol. The summed E-state index contributed by atoms with van der Waals surface area (Å²) in [4.78, 5) is 18.3. The molecule has 0 saturated carbocycles. The molecule has 1 aliphatic heterocycles. The largest absolute Gasteiger partial charge is 0.478 e. The summed E-state index contributed by atoms with van der Waals surface area (Å²) in [5.41, 5.74) is 3.75. The molecule has 0 amide bonds. The third-order valence-electron chi connectivity index (χ3n) is 6.06. The van der Waals surface area contributed by atoms with Crippen molar-refractivity contribution in [3.05, 3.63) is 108 Å². The van der Waals surface area contributed by atoms with Crippen molar-refractivity contribution in [1.82, 2.24) is 10.3 Å². The smallest absolute Gasteiger partial charge is 0.336 e. The summed E-state index contributed by atoms with van der Waals surface area (Å²) in [6, 6.07) is 24.1.